The van der Waals surface area contributed by atoms with E-state index in [1.807, 2.05) is 0 Å². The molecule has 1 N–H and O–H groups in total. The molecule has 3 nitrogen and oxygen atoms in total. The van der Waals surface area contributed by atoms with E-state index in [-0.39, 0.29) is 0 Å². The van der Waals surface area contributed by atoms with E-state index in [1.165, 1.54) is 12.1 Å². The molecule has 1 aromatic rings. The van der Waals surface area contributed by atoms with Crippen LogP contribution in [0.15, 0.2) is 24.3 Å². The van der Waals surface area contributed by atoms with Crippen molar-refractivity contribution in [2.45, 2.75) is 44.0 Å². The third kappa shape index (κ3) is 3.92. The van der Waals surface area contributed by atoms with E-state index in [9.17, 15) is 18.3 Å². The number of β-amino-alcohol motifs (C(OH)–C–C–N with tert-alkyl or cyclic N) is 1. The fraction of sp³-hybridized carbons (Fsp3) is 0.700. The zero-order valence-electron chi connectivity index (χ0n) is 14.9. The number of piperidine rings is 1. The summed E-state index contributed by atoms with van der Waals surface area (Å²) in [6.07, 6.45) is -0.179. The van der Waals surface area contributed by atoms with Crippen LogP contribution in [0.5, 0.6) is 0 Å². The number of halogens is 3. The van der Waals surface area contributed by atoms with Gasteiger partial charge in [-0.3, -0.25) is 4.90 Å². The summed E-state index contributed by atoms with van der Waals surface area (Å²) >= 11 is 0. The van der Waals surface area contributed by atoms with Gasteiger partial charge in [0.1, 0.15) is 0 Å². The average molecular weight is 367 g/mol. The smallest absolute Gasteiger partial charge is 0.416 e. The number of nitrogens with zero attached hydrogens (tertiary/aromatic N) is 2. The highest BCUT2D eigenvalue weighted by Crippen LogP contribution is 2.52. The number of alkyl halides is 3. The van der Waals surface area contributed by atoms with Gasteiger partial charge in [0, 0.05) is 19.6 Å². The maximum Gasteiger partial charge on any atom is 0.416 e. The Morgan fingerprint density at radius 3 is 2.50 bits per heavy atom. The number of fused-ring (bicyclic) bond motifs is 1. The van der Waals surface area contributed by atoms with Crippen molar-refractivity contribution in [1.29, 1.82) is 0 Å². The summed E-state index contributed by atoms with van der Waals surface area (Å²) in [6, 6.07) is 5.45. The monoisotopic (exact) mass is 367 g/mol. The highest BCUT2D eigenvalue weighted by atomic mass is 19.4. The molecule has 1 aliphatic heterocycles. The third-order valence-corrected chi connectivity index (χ3v) is 6.39. The summed E-state index contributed by atoms with van der Waals surface area (Å²) < 4.78 is 38.2. The minimum atomic E-state index is -4.30. The van der Waals surface area contributed by atoms with Crippen molar-refractivity contribution in [1.82, 2.24) is 4.90 Å². The van der Waals surface area contributed by atoms with Crippen molar-refractivity contribution < 1.29 is 18.3 Å². The Bertz CT molecular complexity index is 630. The van der Waals surface area contributed by atoms with E-state index in [0.717, 1.165) is 57.9 Å². The Balaban J connectivity index is 1.19. The maximum absolute atomic E-state index is 12.7. The molecular formula is C20H26F3N2O-. The van der Waals surface area contributed by atoms with Crippen LogP contribution in [0.2, 0.25) is 0 Å². The summed E-state index contributed by atoms with van der Waals surface area (Å²) in [5.74, 6) is 1.89. The van der Waals surface area contributed by atoms with Crippen molar-refractivity contribution in [2.24, 2.45) is 17.8 Å². The first-order valence-corrected chi connectivity index (χ1v) is 9.58. The topological polar surface area (TPSA) is 37.6 Å². The fourth-order valence-corrected chi connectivity index (χ4v) is 4.93. The molecule has 0 radical (unpaired) electrons. The van der Waals surface area contributed by atoms with E-state index >= 15 is 0 Å². The van der Waals surface area contributed by atoms with Crippen LogP contribution in [-0.4, -0.2) is 41.8 Å². The minimum Gasteiger partial charge on any atom is -0.658 e. The molecule has 0 bridgehead atoms. The first kappa shape index (κ1) is 18.3. The normalized spacial score (nSPS) is 30.5. The lowest BCUT2D eigenvalue weighted by molar-refractivity contribution is -0.137. The van der Waals surface area contributed by atoms with Crippen molar-refractivity contribution in [3.8, 4) is 0 Å². The zero-order chi connectivity index (χ0) is 18.4. The van der Waals surface area contributed by atoms with E-state index in [4.69, 9.17) is 0 Å². The van der Waals surface area contributed by atoms with Gasteiger partial charge >= 0.3 is 6.18 Å². The van der Waals surface area contributed by atoms with Crippen molar-refractivity contribution in [3.05, 3.63) is 40.7 Å². The Morgan fingerprint density at radius 2 is 1.85 bits per heavy atom. The van der Waals surface area contributed by atoms with Gasteiger partial charge in [-0.2, -0.15) is 13.2 Å². The Kier molecular flexibility index (Phi) is 4.78. The number of benzene rings is 1. The first-order chi connectivity index (χ1) is 12.3. The summed E-state index contributed by atoms with van der Waals surface area (Å²) in [7, 11) is 0. The highest BCUT2D eigenvalue weighted by Gasteiger charge is 2.54. The van der Waals surface area contributed by atoms with Crippen LogP contribution >= 0.6 is 0 Å². The molecule has 4 rings (SSSR count). The van der Waals surface area contributed by atoms with Gasteiger partial charge in [-0.05, 0) is 30.7 Å². The van der Waals surface area contributed by atoms with Gasteiger partial charge in [0.2, 0.25) is 0 Å². The quantitative estimate of drug-likeness (QED) is 0.823. The van der Waals surface area contributed by atoms with Gasteiger partial charge in [0.15, 0.2) is 0 Å². The van der Waals surface area contributed by atoms with Crippen LogP contribution in [0.25, 0.3) is 5.32 Å². The lowest BCUT2D eigenvalue weighted by Gasteiger charge is -2.30. The second-order valence-corrected chi connectivity index (χ2v) is 8.38. The molecule has 1 aromatic carbocycles. The van der Waals surface area contributed by atoms with E-state index in [1.54, 1.807) is 6.07 Å². The molecule has 2 unspecified atom stereocenters. The summed E-state index contributed by atoms with van der Waals surface area (Å²) in [6.45, 7) is 3.97. The molecule has 6 heteroatoms. The maximum atomic E-state index is 12.7. The van der Waals surface area contributed by atoms with Crippen LogP contribution in [0, 0.1) is 17.8 Å². The summed E-state index contributed by atoms with van der Waals surface area (Å²) in [4.78, 5) is 2.39. The van der Waals surface area contributed by atoms with Crippen LogP contribution in [0.3, 0.4) is 0 Å². The largest absolute Gasteiger partial charge is 0.658 e. The lowest BCUT2D eigenvalue weighted by Crippen LogP contribution is -2.41. The van der Waals surface area contributed by atoms with Crippen LogP contribution in [0.4, 0.5) is 13.2 Å². The lowest BCUT2D eigenvalue weighted by atomic mass is 10.0. The van der Waals surface area contributed by atoms with E-state index < -0.39 is 17.3 Å². The van der Waals surface area contributed by atoms with Gasteiger partial charge in [0.05, 0.1) is 11.2 Å². The van der Waals surface area contributed by atoms with Gasteiger partial charge in [-0.25, -0.2) is 0 Å². The number of aliphatic hydroxyl groups is 1. The number of rotatable bonds is 6. The van der Waals surface area contributed by atoms with Gasteiger partial charge in [0.25, 0.3) is 0 Å². The molecule has 3 fully saturated rings. The second-order valence-electron chi connectivity index (χ2n) is 8.38. The number of hydrogen-bond donors (Lipinski definition) is 1. The molecule has 1 saturated heterocycles. The number of hydrogen-bond acceptors (Lipinski definition) is 2. The third-order valence-electron chi connectivity index (χ3n) is 6.39. The van der Waals surface area contributed by atoms with Crippen LogP contribution in [0.1, 0.15) is 36.8 Å². The molecule has 2 atom stereocenters. The molecule has 144 valence electrons. The molecule has 0 aromatic heterocycles. The van der Waals surface area contributed by atoms with Gasteiger partial charge in [-0.15, -0.1) is 13.1 Å². The molecule has 3 aliphatic rings. The van der Waals surface area contributed by atoms with Crippen LogP contribution < -0.4 is 0 Å². The van der Waals surface area contributed by atoms with Crippen molar-refractivity contribution >= 4 is 0 Å². The molecule has 26 heavy (non-hydrogen) atoms. The van der Waals surface area contributed by atoms with Crippen LogP contribution in [-0.2, 0) is 12.7 Å². The summed E-state index contributed by atoms with van der Waals surface area (Å²) in [5.41, 5.74) is -0.454. The Hall–Kier alpha value is -1.11. The van der Waals surface area contributed by atoms with Gasteiger partial charge < -0.3 is 10.4 Å². The molecule has 2 aliphatic carbocycles. The Labute approximate surface area is 152 Å². The average Bonchev–Trinajstić information content (AvgIpc) is 2.91. The van der Waals surface area contributed by atoms with Crippen molar-refractivity contribution in [3.63, 3.8) is 0 Å². The SMILES string of the molecule is OC1(CN2CC3C(C[N-]Cc4cccc(C(F)(F)F)c4)C3C2)CCCC1. The standard InChI is InChI=1S/C20H26F3N2O/c21-20(22,23)15-5-3-4-14(8-15)9-24-10-16-17-11-25(12-18(16)17)13-19(26)6-1-2-7-19/h3-5,8,16-18,26H,1-2,6-7,9-13H2/q-1. The van der Waals surface area contributed by atoms with E-state index in [0.29, 0.717) is 29.9 Å². The zero-order valence-corrected chi connectivity index (χ0v) is 14.9. The molecule has 2 saturated carbocycles. The molecule has 0 spiro atoms. The highest BCUT2D eigenvalue weighted by molar-refractivity contribution is 5.27. The second kappa shape index (κ2) is 6.80. The Morgan fingerprint density at radius 1 is 1.15 bits per heavy atom. The molecular weight excluding hydrogens is 341 g/mol. The predicted octanol–water partition coefficient (Wildman–Crippen LogP) is 4.06. The molecule has 1 heterocycles. The van der Waals surface area contributed by atoms with Crippen molar-refractivity contribution in [2.75, 3.05) is 26.2 Å². The predicted molar refractivity (Wildman–Crippen MR) is 93.7 cm³/mol. The van der Waals surface area contributed by atoms with E-state index in [2.05, 4.69) is 10.2 Å². The summed E-state index contributed by atoms with van der Waals surface area (Å²) in [5, 5.41) is 15.0. The minimum absolute atomic E-state index is 0.351. The van der Waals surface area contributed by atoms with Gasteiger partial charge in [-0.1, -0.05) is 42.5 Å². The molecule has 0 amide bonds. The fourth-order valence-electron chi connectivity index (χ4n) is 4.93. The first-order valence-electron chi connectivity index (χ1n) is 9.58. The number of likely N-dealkylation sites (tertiary alicyclic amines) is 1.